The van der Waals surface area contributed by atoms with Crippen LogP contribution in [0.5, 0.6) is 0 Å². The summed E-state index contributed by atoms with van der Waals surface area (Å²) in [6.45, 7) is 0. The summed E-state index contributed by atoms with van der Waals surface area (Å²) in [5.41, 5.74) is 8.58. The third kappa shape index (κ3) is 3.10. The minimum atomic E-state index is 0.905. The van der Waals surface area contributed by atoms with Gasteiger partial charge in [0.25, 0.3) is 0 Å². The SMILES string of the molecule is c1ccc2cc3c(cc2c1)oc1cccc(-c2c4ccccc4c(-c4ccc5oc6cccc7ccc4c5c76)c4ccccc24)c13. The standard InChI is InChI=1S/C44H24O2/c1-2-10-27-24-39-35(23-26(27)9-1)43-34(16-8-18-37(43)46-39)42-30-14-5-3-12-28(30)41(29-13-4-6-15-31(29)42)32-21-22-38-44-33(32)20-19-25-11-7-17-36(45-38)40(25)44/h1-24H. The Hall–Kier alpha value is -6.12. The Kier molecular flexibility index (Phi) is 4.61. The van der Waals surface area contributed by atoms with Gasteiger partial charge in [0.05, 0.1) is 0 Å². The molecule has 0 radical (unpaired) electrons. The van der Waals surface area contributed by atoms with Crippen molar-refractivity contribution in [2.24, 2.45) is 0 Å². The van der Waals surface area contributed by atoms with Gasteiger partial charge in [-0.2, -0.15) is 0 Å². The van der Waals surface area contributed by atoms with E-state index < -0.39 is 0 Å². The molecular weight excluding hydrogens is 560 g/mol. The first-order valence-electron chi connectivity index (χ1n) is 15.8. The largest absolute Gasteiger partial charge is 0.456 e. The van der Waals surface area contributed by atoms with E-state index in [2.05, 4.69) is 146 Å². The van der Waals surface area contributed by atoms with Crippen LogP contribution in [0.2, 0.25) is 0 Å². The Balaban J connectivity index is 1.29. The molecule has 2 heterocycles. The molecule has 2 heteroatoms. The highest BCUT2D eigenvalue weighted by Crippen LogP contribution is 2.49. The van der Waals surface area contributed by atoms with Gasteiger partial charge in [-0.25, -0.2) is 0 Å². The van der Waals surface area contributed by atoms with Crippen LogP contribution >= 0.6 is 0 Å². The Morgan fingerprint density at radius 2 is 0.848 bits per heavy atom. The highest BCUT2D eigenvalue weighted by molar-refractivity contribution is 6.30. The number of fused-ring (bicyclic) bond motifs is 6. The van der Waals surface area contributed by atoms with Crippen molar-refractivity contribution in [2.75, 3.05) is 0 Å². The van der Waals surface area contributed by atoms with Gasteiger partial charge < -0.3 is 8.83 Å². The van der Waals surface area contributed by atoms with Crippen LogP contribution in [0.1, 0.15) is 0 Å². The molecule has 0 unspecified atom stereocenters. The third-order valence-corrected chi connectivity index (χ3v) is 10.00. The first kappa shape index (κ1) is 24.2. The van der Waals surface area contributed by atoms with Crippen LogP contribution in [0, 0.1) is 0 Å². The summed E-state index contributed by atoms with van der Waals surface area (Å²) in [5, 5.41) is 14.4. The van der Waals surface area contributed by atoms with Crippen molar-refractivity contribution in [3.63, 3.8) is 0 Å². The Labute approximate surface area is 263 Å². The van der Waals surface area contributed by atoms with Gasteiger partial charge in [0.15, 0.2) is 0 Å². The van der Waals surface area contributed by atoms with E-state index in [9.17, 15) is 0 Å². The van der Waals surface area contributed by atoms with E-state index in [1.54, 1.807) is 0 Å². The summed E-state index contributed by atoms with van der Waals surface area (Å²) >= 11 is 0. The predicted octanol–water partition coefficient (Wildman–Crippen LogP) is 12.9. The quantitative estimate of drug-likeness (QED) is 0.149. The summed E-state index contributed by atoms with van der Waals surface area (Å²) in [7, 11) is 0. The minimum Gasteiger partial charge on any atom is -0.456 e. The third-order valence-electron chi connectivity index (χ3n) is 10.00. The van der Waals surface area contributed by atoms with Gasteiger partial charge in [-0.3, -0.25) is 0 Å². The normalized spacial score (nSPS) is 12.3. The van der Waals surface area contributed by atoms with Gasteiger partial charge in [0.2, 0.25) is 0 Å². The number of hydrogen-bond acceptors (Lipinski definition) is 2. The molecule has 2 aromatic heterocycles. The zero-order valence-corrected chi connectivity index (χ0v) is 24.7. The molecule has 0 saturated carbocycles. The maximum Gasteiger partial charge on any atom is 0.136 e. The van der Waals surface area contributed by atoms with E-state index in [4.69, 9.17) is 8.83 Å². The fourth-order valence-corrected chi connectivity index (χ4v) is 8.09. The van der Waals surface area contributed by atoms with Crippen LogP contribution in [-0.4, -0.2) is 0 Å². The van der Waals surface area contributed by atoms with Crippen molar-refractivity contribution < 1.29 is 8.83 Å². The van der Waals surface area contributed by atoms with Crippen LogP contribution in [-0.2, 0) is 0 Å². The van der Waals surface area contributed by atoms with Gasteiger partial charge in [0, 0.05) is 21.5 Å². The van der Waals surface area contributed by atoms with E-state index in [-0.39, 0.29) is 0 Å². The predicted molar refractivity (Wildman–Crippen MR) is 193 cm³/mol. The molecule has 9 aromatic carbocycles. The van der Waals surface area contributed by atoms with Crippen LogP contribution in [0.25, 0.3) is 109 Å². The van der Waals surface area contributed by atoms with Gasteiger partial charge >= 0.3 is 0 Å². The topological polar surface area (TPSA) is 26.3 Å². The molecule has 0 aliphatic carbocycles. The lowest BCUT2D eigenvalue weighted by Gasteiger charge is -2.19. The molecule has 11 aromatic rings. The number of hydrogen-bond donors (Lipinski definition) is 0. The number of benzene rings is 9. The summed E-state index contributed by atoms with van der Waals surface area (Å²) in [6.07, 6.45) is 0. The lowest BCUT2D eigenvalue weighted by atomic mass is 9.83. The molecule has 0 aliphatic rings. The van der Waals surface area contributed by atoms with Gasteiger partial charge in [0.1, 0.15) is 22.3 Å². The maximum atomic E-state index is 6.53. The van der Waals surface area contributed by atoms with Crippen molar-refractivity contribution >= 4 is 87.0 Å². The second kappa shape index (κ2) is 8.74. The second-order valence-electron chi connectivity index (χ2n) is 12.4. The van der Waals surface area contributed by atoms with Gasteiger partial charge in [-0.05, 0) is 102 Å². The average molecular weight is 585 g/mol. The van der Waals surface area contributed by atoms with Crippen LogP contribution in [0.4, 0.5) is 0 Å². The van der Waals surface area contributed by atoms with E-state index >= 15 is 0 Å². The Morgan fingerprint density at radius 1 is 0.283 bits per heavy atom. The van der Waals surface area contributed by atoms with Crippen molar-refractivity contribution in [1.82, 2.24) is 0 Å². The average Bonchev–Trinajstić information content (AvgIpc) is 3.67. The van der Waals surface area contributed by atoms with E-state index in [1.165, 1.54) is 76.1 Å². The van der Waals surface area contributed by atoms with E-state index in [0.29, 0.717) is 0 Å². The Morgan fingerprint density at radius 3 is 1.59 bits per heavy atom. The summed E-state index contributed by atoms with van der Waals surface area (Å²) in [5.74, 6) is 0. The molecule has 46 heavy (non-hydrogen) atoms. The van der Waals surface area contributed by atoms with Crippen molar-refractivity contribution in [3.8, 4) is 22.3 Å². The maximum absolute atomic E-state index is 6.53. The molecular formula is C44H24O2. The smallest absolute Gasteiger partial charge is 0.136 e. The molecule has 11 rings (SSSR count). The monoisotopic (exact) mass is 584 g/mol. The minimum absolute atomic E-state index is 0.905. The molecule has 0 spiro atoms. The zero-order chi connectivity index (χ0) is 29.9. The molecule has 0 amide bonds. The molecule has 0 N–H and O–H groups in total. The highest BCUT2D eigenvalue weighted by atomic mass is 16.3. The fraction of sp³-hybridized carbons (Fsp3) is 0. The Bertz CT molecular complexity index is 2970. The first-order valence-corrected chi connectivity index (χ1v) is 15.8. The van der Waals surface area contributed by atoms with Crippen molar-refractivity contribution in [3.05, 3.63) is 146 Å². The molecule has 0 atom stereocenters. The van der Waals surface area contributed by atoms with Gasteiger partial charge in [-0.1, -0.05) is 109 Å². The lowest BCUT2D eigenvalue weighted by molar-refractivity contribution is 0.669. The molecule has 212 valence electrons. The molecule has 2 nitrogen and oxygen atoms in total. The molecule has 0 saturated heterocycles. The second-order valence-corrected chi connectivity index (χ2v) is 12.4. The van der Waals surface area contributed by atoms with Crippen LogP contribution < -0.4 is 0 Å². The van der Waals surface area contributed by atoms with Crippen LogP contribution in [0.15, 0.2) is 154 Å². The van der Waals surface area contributed by atoms with E-state index in [0.717, 1.165) is 33.1 Å². The van der Waals surface area contributed by atoms with Crippen molar-refractivity contribution in [2.45, 2.75) is 0 Å². The first-order chi connectivity index (χ1) is 22.8. The summed E-state index contributed by atoms with van der Waals surface area (Å²) in [6, 6.07) is 52.4. The summed E-state index contributed by atoms with van der Waals surface area (Å²) in [4.78, 5) is 0. The summed E-state index contributed by atoms with van der Waals surface area (Å²) < 4.78 is 12.9. The zero-order valence-electron chi connectivity index (χ0n) is 24.7. The van der Waals surface area contributed by atoms with E-state index in [1.807, 2.05) is 0 Å². The van der Waals surface area contributed by atoms with Gasteiger partial charge in [-0.15, -0.1) is 0 Å². The molecule has 0 aliphatic heterocycles. The van der Waals surface area contributed by atoms with Crippen LogP contribution in [0.3, 0.4) is 0 Å². The number of rotatable bonds is 2. The molecule has 0 fully saturated rings. The number of furan rings is 2. The molecule has 0 bridgehead atoms. The highest BCUT2D eigenvalue weighted by Gasteiger charge is 2.23. The van der Waals surface area contributed by atoms with Crippen molar-refractivity contribution in [1.29, 1.82) is 0 Å². The fourth-order valence-electron chi connectivity index (χ4n) is 8.09. The lowest BCUT2D eigenvalue weighted by Crippen LogP contribution is -1.92.